The van der Waals surface area contributed by atoms with Crippen LogP contribution in [0.25, 0.3) is 0 Å². The van der Waals surface area contributed by atoms with Crippen LogP contribution >= 0.6 is 0 Å². The average Bonchev–Trinajstić information content (AvgIpc) is 1.25. The normalized spacial score (nSPS) is 10.4. The summed E-state index contributed by atoms with van der Waals surface area (Å²) in [5.74, 6) is 0. The molecule has 0 aromatic heterocycles. The molecule has 0 amide bonds. The largest absolute Gasteiger partial charge is 2.00 e. The molecule has 4 N–H and O–H groups in total. The van der Waals surface area contributed by atoms with Gasteiger partial charge in [-0.15, -0.1) is 0 Å². The summed E-state index contributed by atoms with van der Waals surface area (Å²) < 4.78 is 0. The second-order valence-electron chi connectivity index (χ2n) is 3.44. The number of hydrogen-bond donors (Lipinski definition) is 2. The Morgan fingerprint density at radius 1 is 0.727 bits per heavy atom. The van der Waals surface area contributed by atoms with Crippen molar-refractivity contribution in [2.45, 2.75) is 38.8 Å². The van der Waals surface area contributed by atoms with Crippen molar-refractivity contribution in [2.75, 3.05) is 0 Å². The maximum absolute atomic E-state index is 5.69. The van der Waals surface area contributed by atoms with Crippen LogP contribution in [0, 0.1) is 0 Å². The predicted molar refractivity (Wildman–Crippen MR) is 36.5 cm³/mol. The van der Waals surface area contributed by atoms with Crippen LogP contribution in [0.5, 0.6) is 0 Å². The zero-order chi connectivity index (χ0) is 7.00. The average molecular weight is 476 g/mol. The van der Waals surface area contributed by atoms with Gasteiger partial charge in [0, 0.05) is 11.1 Å². The molecule has 0 unspecified atom stereocenters. The van der Waals surface area contributed by atoms with Gasteiger partial charge in [0.25, 0.3) is 0 Å². The number of halogens is 2. The van der Waals surface area contributed by atoms with Crippen molar-refractivity contribution in [3.05, 3.63) is 0 Å². The van der Waals surface area contributed by atoms with Crippen LogP contribution in [0.1, 0.15) is 27.7 Å². The fourth-order valence-corrected chi connectivity index (χ4v) is 0. The Bertz CT molecular complexity index is 73.6. The van der Waals surface area contributed by atoms with Gasteiger partial charge in [0.15, 0.2) is 0 Å². The van der Waals surface area contributed by atoms with E-state index in [0.717, 1.165) is 0 Å². The van der Waals surface area contributed by atoms with Crippen LogP contribution in [-0.2, 0) is 20.4 Å². The molecule has 0 spiro atoms. The van der Waals surface area contributed by atoms with Gasteiger partial charge in [-0.25, -0.2) is 0 Å². The van der Waals surface area contributed by atoms with Gasteiger partial charge in [0.1, 0.15) is 0 Å². The van der Waals surface area contributed by atoms with Gasteiger partial charge in [0.05, 0.1) is 0 Å². The summed E-state index contributed by atoms with van der Waals surface area (Å²) in [6.07, 6.45) is 0. The van der Waals surface area contributed by atoms with Gasteiger partial charge in [-0.05, 0) is 27.7 Å². The Morgan fingerprint density at radius 2 is 0.818 bits per heavy atom. The van der Waals surface area contributed by atoms with Gasteiger partial charge < -0.3 is 59.4 Å². The first-order valence-electron chi connectivity index (χ1n) is 2.83. The molecule has 0 rings (SSSR count). The van der Waals surface area contributed by atoms with Crippen LogP contribution in [-0.4, -0.2) is 11.1 Å². The smallest absolute Gasteiger partial charge is 1.00 e. The minimum absolute atomic E-state index is 0. The molecule has 0 heterocycles. The molecule has 2 nitrogen and oxygen atoms in total. The summed E-state index contributed by atoms with van der Waals surface area (Å²) in [6.45, 7) is 7.69. The van der Waals surface area contributed by atoms with E-state index in [9.17, 15) is 0 Å². The Hall–Kier alpha value is 2.04. The molecule has 11 heavy (non-hydrogen) atoms. The molecule has 0 aliphatic carbocycles. The first-order chi connectivity index (χ1) is 3.25. The molecule has 0 bridgehead atoms. The molecule has 0 saturated heterocycles. The van der Waals surface area contributed by atoms with Crippen molar-refractivity contribution >= 4 is 0 Å². The number of hydrogen-bond acceptors (Lipinski definition) is 2. The van der Waals surface area contributed by atoms with Gasteiger partial charge in [-0.3, -0.25) is 0 Å². The van der Waals surface area contributed by atoms with Gasteiger partial charge in [-0.1, -0.05) is 0 Å². The Balaban J connectivity index is -0.0000000817. The molecule has 0 saturated carbocycles. The first-order valence-corrected chi connectivity index (χ1v) is 2.83. The summed E-state index contributed by atoms with van der Waals surface area (Å²) in [7, 11) is 0. The Labute approximate surface area is 117 Å². The Morgan fingerprint density at radius 3 is 0.818 bits per heavy atom. The fraction of sp³-hybridized carbons (Fsp3) is 1.00. The van der Waals surface area contributed by atoms with Crippen molar-refractivity contribution in [1.82, 2.24) is 0 Å². The van der Waals surface area contributed by atoms with Crippen molar-refractivity contribution in [3.63, 3.8) is 0 Å². The summed E-state index contributed by atoms with van der Waals surface area (Å²) in [5, 5.41) is 0. The molecule has 5 heteroatoms. The minimum Gasteiger partial charge on any atom is -1.00 e. The second-order valence-corrected chi connectivity index (χ2v) is 3.44. The molecule has 0 aromatic rings. The van der Waals surface area contributed by atoms with Crippen molar-refractivity contribution in [1.29, 1.82) is 0 Å². The van der Waals surface area contributed by atoms with Crippen LogP contribution in [0.15, 0.2) is 0 Å². The maximum atomic E-state index is 5.69. The third kappa shape index (κ3) is 9.96. The van der Waals surface area contributed by atoms with Crippen LogP contribution in [0.4, 0.5) is 0 Å². The molecule has 0 aliphatic rings. The third-order valence-corrected chi connectivity index (χ3v) is 1.66. The van der Waals surface area contributed by atoms with E-state index in [1.165, 1.54) is 0 Å². The molecule has 0 radical (unpaired) electrons. The fourth-order valence-electron chi connectivity index (χ4n) is 0. The summed E-state index contributed by atoms with van der Waals surface area (Å²) in [5.41, 5.74) is 10.8. The molecule has 0 aromatic carbocycles. The number of nitrogens with two attached hydrogens (primary N) is 2. The minimum atomic E-state index is -0.285. The van der Waals surface area contributed by atoms with Gasteiger partial charge >= 0.3 is 20.4 Å². The first kappa shape index (κ1) is 23.1. The van der Waals surface area contributed by atoms with Crippen molar-refractivity contribution in [3.8, 4) is 0 Å². The third-order valence-electron chi connectivity index (χ3n) is 1.66. The molecule has 0 fully saturated rings. The van der Waals surface area contributed by atoms with E-state index >= 15 is 0 Å². The molecule has 0 aliphatic heterocycles. The zero-order valence-corrected chi connectivity index (χ0v) is 13.1. The van der Waals surface area contributed by atoms with Crippen LogP contribution < -0.4 is 59.4 Å². The molecular formula is C6H16I2N2Pd. The quantitative estimate of drug-likeness (QED) is 0.293. The maximum Gasteiger partial charge on any atom is 2.00 e. The number of rotatable bonds is 1. The second kappa shape index (κ2) is 7.45. The van der Waals surface area contributed by atoms with E-state index in [0.29, 0.717) is 0 Å². The van der Waals surface area contributed by atoms with E-state index in [1.54, 1.807) is 0 Å². The summed E-state index contributed by atoms with van der Waals surface area (Å²) >= 11 is 0. The zero-order valence-electron chi connectivity index (χ0n) is 7.23. The van der Waals surface area contributed by atoms with Crippen LogP contribution in [0.2, 0.25) is 0 Å². The van der Waals surface area contributed by atoms with E-state index < -0.39 is 0 Å². The monoisotopic (exact) mass is 476 g/mol. The van der Waals surface area contributed by atoms with Gasteiger partial charge in [-0.2, -0.15) is 0 Å². The summed E-state index contributed by atoms with van der Waals surface area (Å²) in [4.78, 5) is 0. The van der Waals surface area contributed by atoms with E-state index in [-0.39, 0.29) is 79.5 Å². The standard InChI is InChI=1S/C6H16N2.2HI.Pd/c1-5(2,7)6(3,4)8;;;/h7-8H2,1-4H3;2*1H;/q;;;+2/p-2. The molecule has 74 valence electrons. The van der Waals surface area contributed by atoms with Crippen molar-refractivity contribution < 1.29 is 68.4 Å². The topological polar surface area (TPSA) is 52.0 Å². The SMILES string of the molecule is CC(C)(N)C(C)(C)N.[I-].[I-].[Pd+2]. The van der Waals surface area contributed by atoms with Crippen LogP contribution in [0.3, 0.4) is 0 Å². The predicted octanol–water partition coefficient (Wildman–Crippen LogP) is -5.53. The molecular weight excluding hydrogens is 460 g/mol. The molecule has 0 atom stereocenters. The van der Waals surface area contributed by atoms with E-state index in [2.05, 4.69) is 0 Å². The van der Waals surface area contributed by atoms with Gasteiger partial charge in [0.2, 0.25) is 0 Å². The van der Waals surface area contributed by atoms with E-state index in [4.69, 9.17) is 11.5 Å². The summed E-state index contributed by atoms with van der Waals surface area (Å²) in [6, 6.07) is 0. The van der Waals surface area contributed by atoms with Crippen molar-refractivity contribution in [2.24, 2.45) is 11.5 Å². The Kier molecular flexibility index (Phi) is 15.7. The van der Waals surface area contributed by atoms with E-state index in [1.807, 2.05) is 27.7 Å².